The van der Waals surface area contributed by atoms with Gasteiger partial charge >= 0.3 is 17.9 Å². The molecule has 1 N–H and O–H groups in total. The molecule has 150 valence electrons. The molecule has 0 saturated heterocycles. The fourth-order valence-corrected chi connectivity index (χ4v) is 3.31. The van der Waals surface area contributed by atoms with Crippen LogP contribution in [-0.4, -0.2) is 29.6 Å². The second kappa shape index (κ2) is 10.2. The number of halogens is 3. The lowest BCUT2D eigenvalue weighted by atomic mass is 9.83. The van der Waals surface area contributed by atoms with E-state index in [1.54, 1.807) is 0 Å². The molecule has 0 amide bonds. The second-order valence-electron chi connectivity index (χ2n) is 6.71. The molecule has 6 nitrogen and oxygen atoms in total. The molecule has 0 fully saturated rings. The van der Waals surface area contributed by atoms with Crippen molar-refractivity contribution in [2.24, 2.45) is 5.41 Å². The van der Waals surface area contributed by atoms with Crippen LogP contribution in [0.4, 0.5) is 0 Å². The zero-order valence-electron chi connectivity index (χ0n) is 15.2. The molecule has 0 aliphatic heterocycles. The molecule has 1 rings (SSSR count). The fourth-order valence-electron chi connectivity index (χ4n) is 2.59. The van der Waals surface area contributed by atoms with Crippen molar-refractivity contribution in [3.05, 3.63) is 26.7 Å². The summed E-state index contributed by atoms with van der Waals surface area (Å²) in [6.45, 7) is 6.48. The van der Waals surface area contributed by atoms with E-state index in [4.69, 9.17) is 44.6 Å². The first-order chi connectivity index (χ1) is 12.5. The number of carbonyl (C=O) groups is 3. The average molecular weight is 440 g/mol. The van der Waals surface area contributed by atoms with Crippen molar-refractivity contribution < 1.29 is 29.0 Å². The molecule has 1 aromatic rings. The van der Waals surface area contributed by atoms with Gasteiger partial charge in [-0.3, -0.25) is 0 Å². The van der Waals surface area contributed by atoms with E-state index in [1.807, 2.05) is 0 Å². The van der Waals surface area contributed by atoms with Crippen LogP contribution in [0.2, 0.25) is 15.1 Å². The number of carboxylic acids is 1. The topological polar surface area (TPSA) is 89.9 Å². The highest BCUT2D eigenvalue weighted by Gasteiger charge is 2.28. The number of carboxylic acid groups (broad SMARTS) is 1. The van der Waals surface area contributed by atoms with Crippen LogP contribution < -0.4 is 4.74 Å². The van der Waals surface area contributed by atoms with Crippen LogP contribution >= 0.6 is 34.8 Å². The summed E-state index contributed by atoms with van der Waals surface area (Å²) >= 11 is 17.9. The van der Waals surface area contributed by atoms with E-state index in [9.17, 15) is 14.4 Å². The SMILES string of the molecule is CCCC(C)(C)CCCOC(=O)c1c(Cl)c(Cl)cc(Cl)c1OC(=O)C(=O)O. The smallest absolute Gasteiger partial charge is 0.422 e. The lowest BCUT2D eigenvalue weighted by molar-refractivity contribution is -0.158. The summed E-state index contributed by atoms with van der Waals surface area (Å²) in [5.41, 5.74) is -0.267. The van der Waals surface area contributed by atoms with Gasteiger partial charge in [-0.05, 0) is 30.7 Å². The zero-order chi connectivity index (χ0) is 20.8. The highest BCUT2D eigenvalue weighted by atomic mass is 35.5. The van der Waals surface area contributed by atoms with Crippen molar-refractivity contribution in [2.45, 2.75) is 46.5 Å². The van der Waals surface area contributed by atoms with Gasteiger partial charge in [-0.2, -0.15) is 0 Å². The minimum atomic E-state index is -1.85. The monoisotopic (exact) mass is 438 g/mol. The maximum Gasteiger partial charge on any atom is 0.422 e. The minimum absolute atomic E-state index is 0.0622. The molecule has 0 heterocycles. The maximum absolute atomic E-state index is 12.4. The largest absolute Gasteiger partial charge is 0.473 e. The van der Waals surface area contributed by atoms with Crippen LogP contribution in [0.5, 0.6) is 5.75 Å². The third-order valence-electron chi connectivity index (χ3n) is 3.86. The van der Waals surface area contributed by atoms with Crippen LogP contribution in [0.25, 0.3) is 0 Å². The Morgan fingerprint density at radius 1 is 1.11 bits per heavy atom. The molecule has 0 radical (unpaired) electrons. The van der Waals surface area contributed by atoms with Gasteiger partial charge in [-0.1, -0.05) is 62.0 Å². The summed E-state index contributed by atoms with van der Waals surface area (Å²) < 4.78 is 9.87. The molecule has 0 spiro atoms. The first kappa shape index (κ1) is 23.5. The predicted molar refractivity (Wildman–Crippen MR) is 103 cm³/mol. The quantitative estimate of drug-likeness (QED) is 0.192. The van der Waals surface area contributed by atoms with Gasteiger partial charge in [0.1, 0.15) is 5.56 Å². The number of hydrogen-bond donors (Lipinski definition) is 1. The van der Waals surface area contributed by atoms with Crippen molar-refractivity contribution in [1.82, 2.24) is 0 Å². The summed E-state index contributed by atoms with van der Waals surface area (Å²) in [5.74, 6) is -4.89. The fraction of sp³-hybridized carbons (Fsp3) is 0.500. The number of carbonyl (C=O) groups excluding carboxylic acids is 2. The van der Waals surface area contributed by atoms with E-state index >= 15 is 0 Å². The number of esters is 2. The lowest BCUT2D eigenvalue weighted by Gasteiger charge is -2.23. The molecule has 9 heteroatoms. The van der Waals surface area contributed by atoms with E-state index in [0.717, 1.165) is 25.3 Å². The summed E-state index contributed by atoms with van der Waals surface area (Å²) in [6, 6.07) is 1.14. The van der Waals surface area contributed by atoms with Gasteiger partial charge < -0.3 is 14.6 Å². The second-order valence-corrected chi connectivity index (χ2v) is 7.90. The van der Waals surface area contributed by atoms with Gasteiger partial charge in [0, 0.05) is 0 Å². The van der Waals surface area contributed by atoms with Gasteiger partial charge in [0.05, 0.1) is 21.7 Å². The van der Waals surface area contributed by atoms with Gasteiger partial charge in [-0.15, -0.1) is 0 Å². The third kappa shape index (κ3) is 6.87. The standard InChI is InChI=1S/C18H21Cl3O6/c1-4-6-18(2,3)7-5-8-26-16(24)12-13(21)10(19)9-11(20)14(12)27-17(25)15(22)23/h9H,4-8H2,1-3H3,(H,22,23). The van der Waals surface area contributed by atoms with Crippen molar-refractivity contribution in [3.8, 4) is 5.75 Å². The van der Waals surface area contributed by atoms with Crippen molar-refractivity contribution in [1.29, 1.82) is 0 Å². The number of benzene rings is 1. The molecule has 0 saturated carbocycles. The van der Waals surface area contributed by atoms with Gasteiger partial charge in [0.25, 0.3) is 0 Å². The summed E-state index contributed by atoms with van der Waals surface area (Å²) in [4.78, 5) is 34.5. The predicted octanol–water partition coefficient (Wildman–Crippen LogP) is 5.40. The van der Waals surface area contributed by atoms with Crippen LogP contribution in [0.3, 0.4) is 0 Å². The van der Waals surface area contributed by atoms with Crippen molar-refractivity contribution in [2.75, 3.05) is 6.61 Å². The molecule has 0 bridgehead atoms. The van der Waals surface area contributed by atoms with E-state index in [-0.39, 0.29) is 27.1 Å². The number of hydrogen-bond acceptors (Lipinski definition) is 5. The van der Waals surface area contributed by atoms with Crippen molar-refractivity contribution in [3.63, 3.8) is 0 Å². The van der Waals surface area contributed by atoms with Crippen molar-refractivity contribution >= 4 is 52.7 Å². The van der Waals surface area contributed by atoms with Crippen LogP contribution in [0, 0.1) is 5.41 Å². The number of ether oxygens (including phenoxy) is 2. The van der Waals surface area contributed by atoms with Crippen LogP contribution in [0.1, 0.15) is 56.8 Å². The van der Waals surface area contributed by atoms with E-state index < -0.39 is 29.2 Å². The summed E-state index contributed by atoms with van der Waals surface area (Å²) in [7, 11) is 0. The normalized spacial score (nSPS) is 11.2. The van der Waals surface area contributed by atoms with Crippen LogP contribution in [-0.2, 0) is 14.3 Å². The lowest BCUT2D eigenvalue weighted by Crippen LogP contribution is -2.21. The first-order valence-electron chi connectivity index (χ1n) is 8.30. The van der Waals surface area contributed by atoms with E-state index in [1.165, 1.54) is 0 Å². The first-order valence-corrected chi connectivity index (χ1v) is 9.43. The molecular formula is C18H21Cl3O6. The molecule has 27 heavy (non-hydrogen) atoms. The molecule has 0 unspecified atom stereocenters. The number of aliphatic carboxylic acids is 1. The minimum Gasteiger partial charge on any atom is -0.473 e. The molecular weight excluding hydrogens is 419 g/mol. The van der Waals surface area contributed by atoms with Gasteiger partial charge in [-0.25, -0.2) is 14.4 Å². The van der Waals surface area contributed by atoms with Gasteiger partial charge in [0.2, 0.25) is 0 Å². The Kier molecular flexibility index (Phi) is 8.85. The molecule has 1 aromatic carbocycles. The highest BCUT2D eigenvalue weighted by Crippen LogP contribution is 2.40. The third-order valence-corrected chi connectivity index (χ3v) is 4.93. The van der Waals surface area contributed by atoms with Gasteiger partial charge in [0.15, 0.2) is 5.75 Å². The maximum atomic E-state index is 12.4. The zero-order valence-corrected chi connectivity index (χ0v) is 17.5. The highest BCUT2D eigenvalue weighted by molar-refractivity contribution is 6.46. The number of rotatable bonds is 8. The Labute approximate surface area is 172 Å². The van der Waals surface area contributed by atoms with E-state index in [0.29, 0.717) is 6.42 Å². The average Bonchev–Trinajstić information content (AvgIpc) is 2.56. The van der Waals surface area contributed by atoms with E-state index in [2.05, 4.69) is 25.5 Å². The Morgan fingerprint density at radius 2 is 1.74 bits per heavy atom. The Morgan fingerprint density at radius 3 is 2.30 bits per heavy atom. The molecule has 0 aliphatic rings. The Hall–Kier alpha value is -1.50. The Balaban J connectivity index is 2.95. The summed E-state index contributed by atoms with van der Waals surface area (Å²) in [6.07, 6.45) is 3.57. The summed E-state index contributed by atoms with van der Waals surface area (Å²) in [5, 5.41) is 8.14. The van der Waals surface area contributed by atoms with Crippen LogP contribution in [0.15, 0.2) is 6.07 Å². The molecule has 0 aromatic heterocycles. The molecule has 0 aliphatic carbocycles. The Bertz CT molecular complexity index is 730. The molecule has 0 atom stereocenters.